The third-order valence-corrected chi connectivity index (χ3v) is 3.42. The van der Waals surface area contributed by atoms with Gasteiger partial charge in [-0.15, -0.1) is 0 Å². The zero-order chi connectivity index (χ0) is 13.5. The predicted octanol–water partition coefficient (Wildman–Crippen LogP) is 2.43. The summed E-state index contributed by atoms with van der Waals surface area (Å²) in [7, 11) is 0. The first-order chi connectivity index (χ1) is 8.37. The number of hydrogen-bond acceptors (Lipinski definition) is 5. The van der Waals surface area contributed by atoms with Gasteiger partial charge in [-0.1, -0.05) is 6.92 Å². The molecular formula is C13H18N2O3. The molecule has 0 radical (unpaired) electrons. The van der Waals surface area contributed by atoms with Gasteiger partial charge in [0.05, 0.1) is 5.54 Å². The number of hydrogen-bond donors (Lipinski definition) is 3. The van der Waals surface area contributed by atoms with Gasteiger partial charge in [0.1, 0.15) is 11.5 Å². The molecule has 5 heteroatoms. The maximum absolute atomic E-state index is 10.2. The Morgan fingerprint density at radius 1 is 1.33 bits per heavy atom. The summed E-state index contributed by atoms with van der Waals surface area (Å²) in [5.74, 6) is -0.0892. The first-order valence-corrected chi connectivity index (χ1v) is 5.95. The van der Waals surface area contributed by atoms with Crippen molar-refractivity contribution in [3.8, 4) is 11.5 Å². The third-order valence-electron chi connectivity index (χ3n) is 3.42. The molecule has 0 aliphatic carbocycles. The summed E-state index contributed by atoms with van der Waals surface area (Å²) in [5.41, 5.74) is 0.804. The predicted molar refractivity (Wildman–Crippen MR) is 67.9 cm³/mol. The molecule has 3 N–H and O–H groups in total. The van der Waals surface area contributed by atoms with Crippen molar-refractivity contribution in [3.05, 3.63) is 23.8 Å². The van der Waals surface area contributed by atoms with E-state index in [1.165, 1.54) is 12.1 Å². The number of rotatable bonds is 2. The van der Waals surface area contributed by atoms with E-state index in [1.54, 1.807) is 6.07 Å². The molecule has 1 aliphatic heterocycles. The molecule has 1 aliphatic rings. The normalized spacial score (nSPS) is 23.1. The Morgan fingerprint density at radius 3 is 2.50 bits per heavy atom. The van der Waals surface area contributed by atoms with Crippen LogP contribution in [0, 0.1) is 0 Å². The molecule has 0 aromatic heterocycles. The molecule has 1 aromatic carbocycles. The number of phenols is 2. The minimum absolute atomic E-state index is 0.0160. The zero-order valence-electron chi connectivity index (χ0n) is 10.8. The highest BCUT2D eigenvalue weighted by Crippen LogP contribution is 2.40. The Hall–Kier alpha value is -1.59. The van der Waals surface area contributed by atoms with Gasteiger partial charge >= 0.3 is 0 Å². The lowest BCUT2D eigenvalue weighted by Gasteiger charge is -2.30. The first kappa shape index (κ1) is 12.9. The van der Waals surface area contributed by atoms with Gasteiger partial charge < -0.3 is 15.4 Å². The lowest BCUT2D eigenvalue weighted by atomic mass is 9.97. The van der Waals surface area contributed by atoms with Crippen molar-refractivity contribution in [1.29, 1.82) is 0 Å². The molecule has 0 bridgehead atoms. The van der Waals surface area contributed by atoms with Crippen LogP contribution < -0.4 is 0 Å². The molecule has 0 saturated heterocycles. The average molecular weight is 250 g/mol. The Balaban J connectivity index is 2.44. The smallest absolute Gasteiger partial charge is 0.154 e. The number of benzene rings is 1. The summed E-state index contributed by atoms with van der Waals surface area (Å²) in [6, 6.07) is 4.28. The summed E-state index contributed by atoms with van der Waals surface area (Å²) in [6.45, 7) is 5.74. The number of hydroxylamine groups is 2. The second-order valence-corrected chi connectivity index (χ2v) is 4.95. The fourth-order valence-electron chi connectivity index (χ4n) is 2.27. The molecule has 1 atom stereocenters. The number of nitrogens with zero attached hydrogens (tertiary/aromatic N) is 2. The van der Waals surface area contributed by atoms with Gasteiger partial charge in [0.25, 0.3) is 0 Å². The van der Waals surface area contributed by atoms with Crippen LogP contribution in [0.2, 0.25) is 0 Å². The zero-order valence-corrected chi connectivity index (χ0v) is 10.8. The van der Waals surface area contributed by atoms with Crippen molar-refractivity contribution in [3.63, 3.8) is 0 Å². The highest BCUT2D eigenvalue weighted by molar-refractivity contribution is 5.94. The molecule has 18 heavy (non-hydrogen) atoms. The van der Waals surface area contributed by atoms with E-state index in [2.05, 4.69) is 4.99 Å². The van der Waals surface area contributed by atoms with Gasteiger partial charge in [0.15, 0.2) is 6.17 Å². The van der Waals surface area contributed by atoms with E-state index in [0.29, 0.717) is 5.56 Å². The van der Waals surface area contributed by atoms with Crippen LogP contribution in [0.15, 0.2) is 23.2 Å². The minimum Gasteiger partial charge on any atom is -0.508 e. The van der Waals surface area contributed by atoms with Crippen molar-refractivity contribution in [1.82, 2.24) is 5.06 Å². The van der Waals surface area contributed by atoms with Crippen molar-refractivity contribution in [2.45, 2.75) is 38.9 Å². The van der Waals surface area contributed by atoms with Crippen molar-refractivity contribution >= 4 is 5.71 Å². The number of aliphatic imine (C=N–C) groups is 1. The van der Waals surface area contributed by atoms with Gasteiger partial charge in [-0.3, -0.25) is 4.99 Å². The molecule has 5 nitrogen and oxygen atoms in total. The molecule has 2 rings (SSSR count). The highest BCUT2D eigenvalue weighted by atomic mass is 16.5. The van der Waals surface area contributed by atoms with Crippen LogP contribution in [0.3, 0.4) is 0 Å². The van der Waals surface area contributed by atoms with Gasteiger partial charge in [-0.2, -0.15) is 5.06 Å². The molecule has 0 fully saturated rings. The van der Waals surface area contributed by atoms with Crippen LogP contribution >= 0.6 is 0 Å². The number of aromatic hydroxyl groups is 2. The standard InChI is InChI=1S/C13H18N2O3/c1-4-11-13(2,3)15(18)12(14-11)9-6-5-8(16)7-10(9)17/h5-7,12,16-18H,4H2,1-3H3/t12-/m1/s1. The Labute approximate surface area is 106 Å². The van der Waals surface area contributed by atoms with E-state index in [1.807, 2.05) is 20.8 Å². The summed E-state index contributed by atoms with van der Waals surface area (Å²) in [5, 5.41) is 30.5. The van der Waals surface area contributed by atoms with Gasteiger partial charge in [0, 0.05) is 17.3 Å². The molecular weight excluding hydrogens is 232 g/mol. The summed E-state index contributed by atoms with van der Waals surface area (Å²) in [6.07, 6.45) is 0.106. The molecule has 0 unspecified atom stereocenters. The van der Waals surface area contributed by atoms with Gasteiger partial charge in [-0.05, 0) is 32.4 Å². The van der Waals surface area contributed by atoms with E-state index < -0.39 is 11.7 Å². The fraction of sp³-hybridized carbons (Fsp3) is 0.462. The Kier molecular flexibility index (Phi) is 3.04. The monoisotopic (exact) mass is 250 g/mol. The lowest BCUT2D eigenvalue weighted by molar-refractivity contribution is -0.160. The first-order valence-electron chi connectivity index (χ1n) is 5.95. The molecule has 1 aromatic rings. The van der Waals surface area contributed by atoms with Crippen molar-refractivity contribution in [2.75, 3.05) is 0 Å². The topological polar surface area (TPSA) is 76.3 Å². The molecule has 1 heterocycles. The highest BCUT2D eigenvalue weighted by Gasteiger charge is 2.42. The van der Waals surface area contributed by atoms with Crippen LogP contribution in [0.4, 0.5) is 0 Å². The van der Waals surface area contributed by atoms with Crippen LogP contribution in [0.5, 0.6) is 11.5 Å². The summed E-state index contributed by atoms with van der Waals surface area (Å²) < 4.78 is 0. The van der Waals surface area contributed by atoms with Crippen LogP contribution in [-0.2, 0) is 0 Å². The van der Waals surface area contributed by atoms with Crippen LogP contribution in [0.25, 0.3) is 0 Å². The maximum Gasteiger partial charge on any atom is 0.154 e. The van der Waals surface area contributed by atoms with Gasteiger partial charge in [0.2, 0.25) is 0 Å². The lowest BCUT2D eigenvalue weighted by Crippen LogP contribution is -2.43. The van der Waals surface area contributed by atoms with E-state index in [4.69, 9.17) is 0 Å². The second kappa shape index (κ2) is 4.26. The molecule has 0 saturated carbocycles. The van der Waals surface area contributed by atoms with Crippen LogP contribution in [-0.4, -0.2) is 31.7 Å². The maximum atomic E-state index is 10.2. The van der Waals surface area contributed by atoms with E-state index in [9.17, 15) is 15.4 Å². The average Bonchev–Trinajstić information content (AvgIpc) is 2.52. The summed E-state index contributed by atoms with van der Waals surface area (Å²) >= 11 is 0. The van der Waals surface area contributed by atoms with Crippen molar-refractivity contribution < 1.29 is 15.4 Å². The van der Waals surface area contributed by atoms with E-state index in [-0.39, 0.29) is 11.5 Å². The Morgan fingerprint density at radius 2 is 2.00 bits per heavy atom. The van der Waals surface area contributed by atoms with Gasteiger partial charge in [-0.25, -0.2) is 0 Å². The fourth-order valence-corrected chi connectivity index (χ4v) is 2.27. The third kappa shape index (κ3) is 1.85. The SMILES string of the molecule is CCC1=N[C@@H](c2ccc(O)cc2O)N(O)C1(C)C. The largest absolute Gasteiger partial charge is 0.508 e. The number of phenolic OH excluding ortho intramolecular Hbond substituents is 2. The van der Waals surface area contributed by atoms with Crippen LogP contribution in [0.1, 0.15) is 38.9 Å². The van der Waals surface area contributed by atoms with E-state index in [0.717, 1.165) is 17.2 Å². The van der Waals surface area contributed by atoms with E-state index >= 15 is 0 Å². The minimum atomic E-state index is -0.629. The second-order valence-electron chi connectivity index (χ2n) is 4.95. The molecule has 0 spiro atoms. The quantitative estimate of drug-likeness (QED) is 0.753. The molecule has 0 amide bonds. The summed E-state index contributed by atoms with van der Waals surface area (Å²) in [4.78, 5) is 4.45. The molecule has 98 valence electrons. The Bertz CT molecular complexity index is 497. The van der Waals surface area contributed by atoms with Crippen molar-refractivity contribution in [2.24, 2.45) is 4.99 Å².